The average Bonchev–Trinajstić information content (AvgIpc) is 3.54. The lowest BCUT2D eigenvalue weighted by Gasteiger charge is -2.39. The first-order valence-corrected chi connectivity index (χ1v) is 13.4. The minimum absolute atomic E-state index is 0.0655. The number of carbonyl (C=O) groups excluding carboxylic acids is 1. The molecular formula is C28H29ClFN7O2. The number of rotatable bonds is 7. The van der Waals surface area contributed by atoms with E-state index in [-0.39, 0.29) is 40.1 Å². The van der Waals surface area contributed by atoms with Crippen LogP contribution in [0.4, 0.5) is 10.2 Å². The maximum absolute atomic E-state index is 16.5. The number of anilines is 1. The van der Waals surface area contributed by atoms with E-state index in [1.807, 2.05) is 19.1 Å². The first-order valence-electron chi connectivity index (χ1n) is 13.0. The predicted octanol–water partition coefficient (Wildman–Crippen LogP) is 4.56. The molecule has 2 aromatic heterocycles. The van der Waals surface area contributed by atoms with Crippen molar-refractivity contribution < 1.29 is 13.9 Å². The number of hydrogen-bond acceptors (Lipinski definition) is 7. The third kappa shape index (κ3) is 4.57. The number of hydrogen-bond donors (Lipinski definition) is 2. The zero-order chi connectivity index (χ0) is 27.3. The summed E-state index contributed by atoms with van der Waals surface area (Å²) in [7, 11) is 2.06. The van der Waals surface area contributed by atoms with Gasteiger partial charge in [-0.25, -0.2) is 4.39 Å². The van der Waals surface area contributed by atoms with Crippen LogP contribution in [0.2, 0.25) is 5.02 Å². The molecule has 4 heterocycles. The van der Waals surface area contributed by atoms with E-state index in [2.05, 4.69) is 44.0 Å². The van der Waals surface area contributed by atoms with Crippen LogP contribution in [0.25, 0.3) is 32.9 Å². The van der Waals surface area contributed by atoms with Crippen molar-refractivity contribution in [3.05, 3.63) is 53.5 Å². The predicted molar refractivity (Wildman–Crippen MR) is 150 cm³/mol. The Morgan fingerprint density at radius 2 is 2.13 bits per heavy atom. The van der Waals surface area contributed by atoms with E-state index in [1.165, 1.54) is 6.08 Å². The van der Waals surface area contributed by atoms with Gasteiger partial charge in [-0.15, -0.1) is 0 Å². The summed E-state index contributed by atoms with van der Waals surface area (Å²) >= 11 is 6.77. The largest absolute Gasteiger partial charge is 0.462 e. The molecule has 0 spiro atoms. The number of likely N-dealkylation sites (tertiary alicyclic amines) is 2. The maximum Gasteiger partial charge on any atom is 0.319 e. The Bertz CT molecular complexity index is 1600. The number of H-pyrrole nitrogens is 1. The van der Waals surface area contributed by atoms with Crippen molar-refractivity contribution in [2.45, 2.75) is 31.8 Å². The quantitative estimate of drug-likeness (QED) is 0.326. The van der Waals surface area contributed by atoms with E-state index in [1.54, 1.807) is 17.2 Å². The molecular weight excluding hydrogens is 521 g/mol. The number of likely N-dealkylation sites (N-methyl/N-ethyl adjacent to an activating group) is 1. The van der Waals surface area contributed by atoms with Gasteiger partial charge >= 0.3 is 6.01 Å². The molecule has 2 aliphatic heterocycles. The second kappa shape index (κ2) is 10.1. The molecule has 9 nitrogen and oxygen atoms in total. The summed E-state index contributed by atoms with van der Waals surface area (Å²) in [5.41, 5.74) is 2.67. The third-order valence-corrected chi connectivity index (χ3v) is 8.03. The normalized spacial score (nSPS) is 18.1. The number of carbonyl (C=O) groups is 1. The highest BCUT2D eigenvalue weighted by atomic mass is 35.5. The number of fused-ring (bicyclic) bond motifs is 2. The number of aryl methyl sites for hydroxylation is 1. The van der Waals surface area contributed by atoms with Crippen LogP contribution in [-0.2, 0) is 4.79 Å². The number of ether oxygens (including phenoxy) is 1. The molecule has 0 bridgehead atoms. The van der Waals surface area contributed by atoms with Gasteiger partial charge in [0.2, 0.25) is 5.91 Å². The van der Waals surface area contributed by atoms with Gasteiger partial charge in [-0.1, -0.05) is 24.2 Å². The summed E-state index contributed by atoms with van der Waals surface area (Å²) in [6, 6.07) is 5.78. The van der Waals surface area contributed by atoms with E-state index in [0.29, 0.717) is 36.5 Å². The smallest absolute Gasteiger partial charge is 0.319 e. The van der Waals surface area contributed by atoms with E-state index in [4.69, 9.17) is 16.3 Å². The zero-order valence-corrected chi connectivity index (χ0v) is 22.6. The second-order valence-corrected chi connectivity index (χ2v) is 10.7. The van der Waals surface area contributed by atoms with Crippen molar-refractivity contribution in [3.63, 3.8) is 0 Å². The van der Waals surface area contributed by atoms with E-state index < -0.39 is 5.82 Å². The summed E-state index contributed by atoms with van der Waals surface area (Å²) in [6.45, 7) is 7.83. The van der Waals surface area contributed by atoms with Crippen LogP contribution >= 0.6 is 11.6 Å². The lowest BCUT2D eigenvalue weighted by molar-refractivity contribution is -0.129. The summed E-state index contributed by atoms with van der Waals surface area (Å²) in [6.07, 6.45) is 5.09. The van der Waals surface area contributed by atoms with Crippen molar-refractivity contribution in [2.75, 3.05) is 38.6 Å². The summed E-state index contributed by atoms with van der Waals surface area (Å²) in [5, 5.41) is 11.9. The summed E-state index contributed by atoms with van der Waals surface area (Å²) in [4.78, 5) is 25.0. The van der Waals surface area contributed by atoms with Crippen LogP contribution in [0.15, 0.2) is 37.1 Å². The Hall–Kier alpha value is -3.76. The van der Waals surface area contributed by atoms with E-state index in [9.17, 15) is 4.79 Å². The lowest BCUT2D eigenvalue weighted by Crippen LogP contribution is -2.56. The number of benzene rings is 2. The molecule has 202 valence electrons. The Kier molecular flexibility index (Phi) is 6.60. The zero-order valence-electron chi connectivity index (χ0n) is 21.8. The highest BCUT2D eigenvalue weighted by Gasteiger charge is 2.31. The molecule has 2 aliphatic rings. The van der Waals surface area contributed by atoms with Crippen molar-refractivity contribution >= 4 is 45.1 Å². The van der Waals surface area contributed by atoms with E-state index in [0.717, 1.165) is 35.9 Å². The van der Waals surface area contributed by atoms with Gasteiger partial charge in [0.25, 0.3) is 0 Å². The minimum atomic E-state index is -0.556. The molecule has 1 unspecified atom stereocenters. The van der Waals surface area contributed by atoms with Gasteiger partial charge in [-0.3, -0.25) is 9.89 Å². The fourth-order valence-electron chi connectivity index (χ4n) is 5.47. The standard InChI is InChI=1S/C28H29ClFN7O2/c1-4-22(38)37-12-16(13-37)32-27-18-10-20(29)24(23-15(2)7-8-21-19(23)11-31-35-21)25(30)26(18)33-28(34-27)39-14-17-6-5-9-36(17)3/h4,7-8,10-11,16-17H,1,5-6,9,12-14H2,2-3H3,(H,31,35)(H,32,33,34). The molecule has 0 aliphatic carbocycles. The van der Waals surface area contributed by atoms with Crippen molar-refractivity contribution in [1.29, 1.82) is 0 Å². The highest BCUT2D eigenvalue weighted by Crippen LogP contribution is 2.42. The van der Waals surface area contributed by atoms with Crippen LogP contribution in [0, 0.1) is 12.7 Å². The molecule has 11 heteroatoms. The number of nitrogens with one attached hydrogen (secondary N) is 2. The maximum atomic E-state index is 16.5. The molecule has 0 radical (unpaired) electrons. The molecule has 2 fully saturated rings. The molecule has 0 saturated carbocycles. The Balaban J connectivity index is 1.43. The number of nitrogens with zero attached hydrogens (tertiary/aromatic N) is 5. The van der Waals surface area contributed by atoms with Gasteiger partial charge in [0, 0.05) is 41.0 Å². The monoisotopic (exact) mass is 549 g/mol. The van der Waals surface area contributed by atoms with Crippen LogP contribution in [0.1, 0.15) is 18.4 Å². The van der Waals surface area contributed by atoms with Crippen molar-refractivity contribution in [2.24, 2.45) is 0 Å². The molecule has 2 saturated heterocycles. The van der Waals surface area contributed by atoms with Crippen LogP contribution < -0.4 is 10.1 Å². The molecule has 4 aromatic rings. The topological polar surface area (TPSA) is 99.3 Å². The van der Waals surface area contributed by atoms with Crippen LogP contribution in [-0.4, -0.2) is 81.2 Å². The van der Waals surface area contributed by atoms with Crippen LogP contribution in [0.5, 0.6) is 6.01 Å². The molecule has 2 N–H and O–H groups in total. The summed E-state index contributed by atoms with van der Waals surface area (Å²) < 4.78 is 22.5. The Labute approximate surface area is 230 Å². The molecule has 39 heavy (non-hydrogen) atoms. The molecule has 1 amide bonds. The average molecular weight is 550 g/mol. The minimum Gasteiger partial charge on any atom is -0.462 e. The van der Waals surface area contributed by atoms with E-state index >= 15 is 4.39 Å². The summed E-state index contributed by atoms with van der Waals surface area (Å²) in [5.74, 6) is -0.274. The number of aromatic nitrogens is 4. The van der Waals surface area contributed by atoms with Crippen molar-refractivity contribution in [1.82, 2.24) is 30.0 Å². The third-order valence-electron chi connectivity index (χ3n) is 7.73. The number of aromatic amines is 1. The van der Waals surface area contributed by atoms with Gasteiger partial charge in [0.15, 0.2) is 5.82 Å². The second-order valence-electron chi connectivity index (χ2n) is 10.3. The van der Waals surface area contributed by atoms with Crippen molar-refractivity contribution in [3.8, 4) is 17.1 Å². The Morgan fingerprint density at radius 3 is 2.87 bits per heavy atom. The van der Waals surface area contributed by atoms with Gasteiger partial charge < -0.3 is 19.9 Å². The molecule has 2 aromatic carbocycles. The Morgan fingerprint density at radius 1 is 1.31 bits per heavy atom. The first kappa shape index (κ1) is 25.5. The SMILES string of the molecule is C=CC(=O)N1CC(Nc2nc(OCC3CCCN3C)nc3c(F)c(-c4c(C)ccc5[nH]ncc45)c(Cl)cc23)C1. The molecule has 1 atom stereocenters. The van der Waals surface area contributed by atoms with Crippen LogP contribution in [0.3, 0.4) is 0 Å². The molecule has 6 rings (SSSR count). The van der Waals surface area contributed by atoms with Gasteiger partial charge in [-0.2, -0.15) is 15.1 Å². The number of halogens is 2. The van der Waals surface area contributed by atoms with Gasteiger partial charge in [-0.05, 0) is 57.1 Å². The first-order chi connectivity index (χ1) is 18.8. The van der Waals surface area contributed by atoms with Gasteiger partial charge in [0.05, 0.1) is 22.8 Å². The highest BCUT2D eigenvalue weighted by molar-refractivity contribution is 6.35. The van der Waals surface area contributed by atoms with Gasteiger partial charge in [0.1, 0.15) is 17.9 Å². The lowest BCUT2D eigenvalue weighted by atomic mass is 9.95. The fraction of sp³-hybridized carbons (Fsp3) is 0.357. The number of amides is 1. The fourth-order valence-corrected chi connectivity index (χ4v) is 5.76.